The van der Waals surface area contributed by atoms with Crippen molar-refractivity contribution in [1.82, 2.24) is 14.3 Å². The van der Waals surface area contributed by atoms with Crippen LogP contribution in [0.25, 0.3) is 10.6 Å². The molecular weight excluding hydrogens is 493 g/mol. The molecule has 1 atom stereocenters. The lowest BCUT2D eigenvalue weighted by Gasteiger charge is -2.20. The molecule has 10 heteroatoms. The van der Waals surface area contributed by atoms with Crippen LogP contribution in [-0.4, -0.2) is 38.6 Å². The molecule has 0 aliphatic heterocycles. The first-order valence-electron chi connectivity index (χ1n) is 11.8. The largest absolute Gasteiger partial charge is 0.497 e. The number of halogens is 1. The van der Waals surface area contributed by atoms with Crippen LogP contribution in [0.1, 0.15) is 29.4 Å². The summed E-state index contributed by atoms with van der Waals surface area (Å²) in [4.78, 5) is 20.9. The van der Waals surface area contributed by atoms with Crippen LogP contribution < -0.4 is 15.4 Å². The molecular formula is C27H28FN5O3S. The van der Waals surface area contributed by atoms with Crippen molar-refractivity contribution < 1.29 is 19.0 Å². The van der Waals surface area contributed by atoms with Crippen molar-refractivity contribution in [3.63, 3.8) is 0 Å². The number of ether oxygens (including phenoxy) is 1. The van der Waals surface area contributed by atoms with Crippen LogP contribution in [0.15, 0.2) is 54.7 Å². The monoisotopic (exact) mass is 521 g/mol. The Bertz CT molecular complexity index is 1380. The maximum Gasteiger partial charge on any atom is 0.326 e. The number of carboxylic acid groups (broad SMARTS) is 1. The van der Waals surface area contributed by atoms with Crippen molar-refractivity contribution in [2.75, 3.05) is 17.7 Å². The minimum absolute atomic E-state index is 0.272. The quantitative estimate of drug-likeness (QED) is 0.243. The van der Waals surface area contributed by atoms with Gasteiger partial charge in [-0.2, -0.15) is 4.37 Å². The van der Waals surface area contributed by atoms with E-state index in [0.717, 1.165) is 21.7 Å². The lowest BCUT2D eigenvalue weighted by Crippen LogP contribution is -2.32. The summed E-state index contributed by atoms with van der Waals surface area (Å²) in [6, 6.07) is 13.2. The van der Waals surface area contributed by atoms with Crippen LogP contribution in [0.4, 0.5) is 15.9 Å². The molecule has 0 fully saturated rings. The van der Waals surface area contributed by atoms with E-state index >= 15 is 0 Å². The summed E-state index contributed by atoms with van der Waals surface area (Å²) >= 11 is 1.30. The molecule has 2 heterocycles. The first-order valence-corrected chi connectivity index (χ1v) is 12.6. The molecule has 4 aromatic rings. The van der Waals surface area contributed by atoms with Crippen molar-refractivity contribution in [1.29, 1.82) is 0 Å². The van der Waals surface area contributed by atoms with Crippen LogP contribution in [0.2, 0.25) is 0 Å². The number of hydrogen-bond donors (Lipinski definition) is 3. The number of benzene rings is 2. The van der Waals surface area contributed by atoms with Gasteiger partial charge in [-0.3, -0.25) is 0 Å². The van der Waals surface area contributed by atoms with Crippen molar-refractivity contribution in [3.8, 4) is 16.3 Å². The van der Waals surface area contributed by atoms with E-state index in [1.807, 2.05) is 31.2 Å². The van der Waals surface area contributed by atoms with E-state index in [1.165, 1.54) is 23.7 Å². The molecule has 0 aliphatic carbocycles. The number of nitrogens with one attached hydrogen (secondary N) is 2. The van der Waals surface area contributed by atoms with Crippen LogP contribution in [0.3, 0.4) is 0 Å². The third-order valence-corrected chi connectivity index (χ3v) is 6.69. The van der Waals surface area contributed by atoms with E-state index in [1.54, 1.807) is 32.4 Å². The second-order valence-electron chi connectivity index (χ2n) is 8.50. The van der Waals surface area contributed by atoms with Crippen LogP contribution in [0, 0.1) is 12.7 Å². The Morgan fingerprint density at radius 3 is 2.68 bits per heavy atom. The number of anilines is 2. The van der Waals surface area contributed by atoms with Crippen molar-refractivity contribution in [2.24, 2.45) is 0 Å². The summed E-state index contributed by atoms with van der Waals surface area (Å²) in [5.74, 6) is 0.730. The highest BCUT2D eigenvalue weighted by Crippen LogP contribution is 2.26. The number of pyridine rings is 1. The minimum Gasteiger partial charge on any atom is -0.497 e. The smallest absolute Gasteiger partial charge is 0.326 e. The van der Waals surface area contributed by atoms with Crippen LogP contribution in [0.5, 0.6) is 5.75 Å². The molecule has 0 radical (unpaired) electrons. The Hall–Kier alpha value is -4.05. The highest BCUT2D eigenvalue weighted by Gasteiger charge is 2.20. The van der Waals surface area contributed by atoms with Gasteiger partial charge in [-0.25, -0.2) is 19.2 Å². The Labute approximate surface area is 218 Å². The summed E-state index contributed by atoms with van der Waals surface area (Å²) in [5, 5.41) is 16.9. The van der Waals surface area contributed by atoms with Gasteiger partial charge in [0.15, 0.2) is 5.82 Å². The van der Waals surface area contributed by atoms with Crippen molar-refractivity contribution in [3.05, 3.63) is 83.1 Å². The van der Waals surface area contributed by atoms with Gasteiger partial charge in [0.05, 0.1) is 13.7 Å². The highest BCUT2D eigenvalue weighted by atomic mass is 32.1. The Kier molecular flexibility index (Phi) is 8.29. The number of carbonyl (C=O) groups is 1. The zero-order chi connectivity index (χ0) is 26.4. The van der Waals surface area contributed by atoms with Gasteiger partial charge in [-0.1, -0.05) is 31.2 Å². The van der Waals surface area contributed by atoms with Gasteiger partial charge in [0.2, 0.25) is 0 Å². The van der Waals surface area contributed by atoms with Gasteiger partial charge >= 0.3 is 5.97 Å². The summed E-state index contributed by atoms with van der Waals surface area (Å²) in [6.07, 6.45) is 2.53. The summed E-state index contributed by atoms with van der Waals surface area (Å²) in [5.41, 5.74) is 3.86. The predicted molar refractivity (Wildman–Crippen MR) is 143 cm³/mol. The van der Waals surface area contributed by atoms with Crippen LogP contribution >= 0.6 is 11.5 Å². The number of carboxylic acids is 1. The van der Waals surface area contributed by atoms with E-state index in [-0.39, 0.29) is 12.2 Å². The number of aliphatic carboxylic acids is 1. The lowest BCUT2D eigenvalue weighted by molar-refractivity contribution is -0.137. The molecule has 0 bridgehead atoms. The second kappa shape index (κ2) is 11.8. The first kappa shape index (κ1) is 26.0. The third-order valence-electron chi connectivity index (χ3n) is 5.88. The SMILES string of the molecule is CCc1cc(F)cc(C)c1NC(Cc1ccc(-c2nc(CNc3cc(OC)ccn3)ns2)cc1)C(=O)O. The van der Waals surface area contributed by atoms with Gasteiger partial charge < -0.3 is 20.5 Å². The Balaban J connectivity index is 1.41. The second-order valence-corrected chi connectivity index (χ2v) is 9.25. The number of aromatic nitrogens is 3. The number of rotatable bonds is 11. The van der Waals surface area contributed by atoms with Crippen molar-refractivity contribution in [2.45, 2.75) is 39.3 Å². The predicted octanol–water partition coefficient (Wildman–Crippen LogP) is 5.34. The standard InChI is InChI=1S/C27H28FN5O3S/c1-4-18-13-20(28)11-16(2)25(18)31-22(27(34)35)12-17-5-7-19(8-6-17)26-32-24(33-37-26)15-30-23-14-21(36-3)9-10-29-23/h5-11,13-14,22,31H,4,12,15H2,1-3H3,(H,29,30)(H,34,35). The molecule has 0 aliphatic rings. The molecule has 8 nitrogen and oxygen atoms in total. The fourth-order valence-electron chi connectivity index (χ4n) is 3.94. The molecule has 4 rings (SSSR count). The molecule has 0 saturated heterocycles. The number of nitrogens with zero attached hydrogens (tertiary/aromatic N) is 3. The Morgan fingerprint density at radius 2 is 1.97 bits per heavy atom. The molecule has 0 amide bonds. The Morgan fingerprint density at radius 1 is 1.19 bits per heavy atom. The average Bonchev–Trinajstić information content (AvgIpc) is 3.37. The van der Waals surface area contributed by atoms with Gasteiger partial charge in [-0.05, 0) is 59.8 Å². The molecule has 192 valence electrons. The highest BCUT2D eigenvalue weighted by molar-refractivity contribution is 7.09. The summed E-state index contributed by atoms with van der Waals surface area (Å²) < 4.78 is 23.4. The minimum atomic E-state index is -0.971. The zero-order valence-electron chi connectivity index (χ0n) is 20.8. The topological polar surface area (TPSA) is 109 Å². The number of aryl methyl sites for hydroxylation is 2. The molecule has 3 N–H and O–H groups in total. The summed E-state index contributed by atoms with van der Waals surface area (Å²) in [7, 11) is 1.60. The van der Waals surface area contributed by atoms with Crippen LogP contribution in [-0.2, 0) is 24.2 Å². The van der Waals surface area contributed by atoms with Gasteiger partial charge in [0.25, 0.3) is 0 Å². The number of hydrogen-bond acceptors (Lipinski definition) is 8. The molecule has 1 unspecified atom stereocenters. The van der Waals surface area contributed by atoms with E-state index in [0.29, 0.717) is 41.6 Å². The average molecular weight is 522 g/mol. The molecule has 2 aromatic heterocycles. The fraction of sp³-hybridized carbons (Fsp3) is 0.259. The molecule has 0 saturated carbocycles. The molecule has 0 spiro atoms. The summed E-state index contributed by atoms with van der Waals surface area (Å²) in [6.45, 7) is 4.11. The van der Waals surface area contributed by atoms with Gasteiger partial charge in [-0.15, -0.1) is 0 Å². The van der Waals surface area contributed by atoms with E-state index in [9.17, 15) is 14.3 Å². The van der Waals surface area contributed by atoms with Crippen molar-refractivity contribution >= 4 is 29.0 Å². The number of methoxy groups -OCH3 is 1. The zero-order valence-corrected chi connectivity index (χ0v) is 21.6. The van der Waals surface area contributed by atoms with Gasteiger partial charge in [0, 0.05) is 29.9 Å². The fourth-order valence-corrected chi connectivity index (χ4v) is 4.62. The third kappa shape index (κ3) is 6.59. The maximum atomic E-state index is 13.8. The molecule has 2 aromatic carbocycles. The molecule has 37 heavy (non-hydrogen) atoms. The van der Waals surface area contributed by atoms with E-state index in [4.69, 9.17) is 4.74 Å². The van der Waals surface area contributed by atoms with Gasteiger partial charge in [0.1, 0.15) is 28.4 Å². The van der Waals surface area contributed by atoms with E-state index in [2.05, 4.69) is 25.0 Å². The first-order chi connectivity index (χ1) is 17.9. The normalized spacial score (nSPS) is 11.7. The maximum absolute atomic E-state index is 13.8. The lowest BCUT2D eigenvalue weighted by atomic mass is 10.0. The van der Waals surface area contributed by atoms with E-state index < -0.39 is 12.0 Å².